The number of ether oxygens (including phenoxy) is 1. The molecule has 154 valence electrons. The van der Waals surface area contributed by atoms with Crippen LogP contribution in [0.25, 0.3) is 11.0 Å². The van der Waals surface area contributed by atoms with Crippen molar-refractivity contribution in [1.29, 1.82) is 0 Å². The zero-order chi connectivity index (χ0) is 20.3. The molecule has 1 atom stereocenters. The number of likely N-dealkylation sites (tertiary alicyclic amines) is 1. The van der Waals surface area contributed by atoms with Crippen molar-refractivity contribution >= 4 is 25.1 Å². The lowest BCUT2D eigenvalue weighted by molar-refractivity contribution is 0.0690. The number of carbonyl (C=O) groups is 1. The number of pyridine rings is 1. The molecule has 1 aliphatic rings. The number of aromatic nitrogens is 2. The lowest BCUT2D eigenvalue weighted by atomic mass is 9.99. The van der Waals surface area contributed by atoms with Gasteiger partial charge in [-0.1, -0.05) is 26.6 Å². The Balaban J connectivity index is 1.83. The SMILES string of the molecule is C[C@H]1CCCN(Cc2cc(C(=O)O)nc3ccn(COCC[Si](C)(C)C)c23)C1. The van der Waals surface area contributed by atoms with E-state index in [0.29, 0.717) is 12.6 Å². The van der Waals surface area contributed by atoms with E-state index in [-0.39, 0.29) is 5.69 Å². The van der Waals surface area contributed by atoms with Crippen LogP contribution in [0, 0.1) is 5.92 Å². The molecular weight excluding hydrogens is 370 g/mol. The fourth-order valence-electron chi connectivity index (χ4n) is 3.85. The van der Waals surface area contributed by atoms with Gasteiger partial charge in [0.05, 0.1) is 11.0 Å². The quantitative estimate of drug-likeness (QED) is 0.526. The fraction of sp³-hybridized carbons (Fsp3) is 0.619. The van der Waals surface area contributed by atoms with Crippen molar-refractivity contribution in [2.24, 2.45) is 5.92 Å². The third-order valence-corrected chi connectivity index (χ3v) is 7.08. The summed E-state index contributed by atoms with van der Waals surface area (Å²) in [7, 11) is -1.12. The van der Waals surface area contributed by atoms with Gasteiger partial charge in [0.1, 0.15) is 12.4 Å². The highest BCUT2D eigenvalue weighted by atomic mass is 28.3. The Hall–Kier alpha value is -1.70. The van der Waals surface area contributed by atoms with E-state index >= 15 is 0 Å². The number of hydrogen-bond acceptors (Lipinski definition) is 4. The summed E-state index contributed by atoms with van der Waals surface area (Å²) in [5.41, 5.74) is 2.87. The number of fused-ring (bicyclic) bond motifs is 1. The Morgan fingerprint density at radius 3 is 2.86 bits per heavy atom. The van der Waals surface area contributed by atoms with E-state index in [1.54, 1.807) is 6.07 Å². The van der Waals surface area contributed by atoms with Crippen LogP contribution in [0.1, 0.15) is 35.8 Å². The van der Waals surface area contributed by atoms with Crippen LogP contribution in [-0.2, 0) is 18.0 Å². The summed E-state index contributed by atoms with van der Waals surface area (Å²) in [5.74, 6) is -0.295. The Morgan fingerprint density at radius 2 is 2.18 bits per heavy atom. The van der Waals surface area contributed by atoms with E-state index in [4.69, 9.17) is 4.74 Å². The van der Waals surface area contributed by atoms with Crippen LogP contribution < -0.4 is 0 Å². The molecule has 1 N–H and O–H groups in total. The topological polar surface area (TPSA) is 67.6 Å². The number of rotatable bonds is 8. The Kier molecular flexibility index (Phi) is 6.57. The second kappa shape index (κ2) is 8.76. The normalized spacial score (nSPS) is 18.6. The smallest absolute Gasteiger partial charge is 0.354 e. The average Bonchev–Trinajstić information content (AvgIpc) is 3.01. The molecule has 3 rings (SSSR count). The van der Waals surface area contributed by atoms with Gasteiger partial charge in [0, 0.05) is 34.0 Å². The minimum Gasteiger partial charge on any atom is -0.477 e. The predicted octanol–water partition coefficient (Wildman–Crippen LogP) is 4.28. The lowest BCUT2D eigenvalue weighted by Gasteiger charge is -2.31. The van der Waals surface area contributed by atoms with Crippen LogP contribution in [0.5, 0.6) is 0 Å². The summed E-state index contributed by atoms with van der Waals surface area (Å²) in [6, 6.07) is 4.76. The maximum absolute atomic E-state index is 11.5. The molecular formula is C21H33N3O3Si. The van der Waals surface area contributed by atoms with Gasteiger partial charge in [0.25, 0.3) is 0 Å². The van der Waals surface area contributed by atoms with Gasteiger partial charge in [0.15, 0.2) is 0 Å². The zero-order valence-corrected chi connectivity index (χ0v) is 18.6. The molecule has 7 heteroatoms. The minimum absolute atomic E-state index is 0.116. The van der Waals surface area contributed by atoms with Crippen molar-refractivity contribution in [3.8, 4) is 0 Å². The summed E-state index contributed by atoms with van der Waals surface area (Å²) >= 11 is 0. The molecule has 0 saturated carbocycles. The van der Waals surface area contributed by atoms with E-state index in [1.165, 1.54) is 12.8 Å². The van der Waals surface area contributed by atoms with Crippen LogP contribution >= 0.6 is 0 Å². The highest BCUT2D eigenvalue weighted by Gasteiger charge is 2.20. The van der Waals surface area contributed by atoms with Crippen molar-refractivity contribution in [3.63, 3.8) is 0 Å². The second-order valence-electron chi connectivity index (χ2n) is 9.32. The van der Waals surface area contributed by atoms with Gasteiger partial charge in [-0.3, -0.25) is 4.90 Å². The molecule has 0 aromatic carbocycles. The summed E-state index contributed by atoms with van der Waals surface area (Å²) in [5, 5.41) is 9.47. The van der Waals surface area contributed by atoms with E-state index < -0.39 is 14.0 Å². The second-order valence-corrected chi connectivity index (χ2v) is 14.9. The Bertz CT molecular complexity index is 828. The van der Waals surface area contributed by atoms with Crippen LogP contribution in [0.2, 0.25) is 25.7 Å². The maximum atomic E-state index is 11.5. The highest BCUT2D eigenvalue weighted by molar-refractivity contribution is 6.76. The largest absolute Gasteiger partial charge is 0.477 e. The monoisotopic (exact) mass is 403 g/mol. The molecule has 0 amide bonds. The minimum atomic E-state index is -1.12. The molecule has 2 aromatic heterocycles. The van der Waals surface area contributed by atoms with Crippen molar-refractivity contribution in [2.45, 2.75) is 58.7 Å². The van der Waals surface area contributed by atoms with Crippen molar-refractivity contribution in [1.82, 2.24) is 14.5 Å². The van der Waals surface area contributed by atoms with Gasteiger partial charge in [-0.2, -0.15) is 0 Å². The summed E-state index contributed by atoms with van der Waals surface area (Å²) < 4.78 is 8.01. The number of carboxylic acid groups (broad SMARTS) is 1. The van der Waals surface area contributed by atoms with E-state index in [0.717, 1.165) is 48.9 Å². The van der Waals surface area contributed by atoms with E-state index in [1.807, 2.05) is 12.3 Å². The van der Waals surface area contributed by atoms with Crippen LogP contribution in [0.15, 0.2) is 18.3 Å². The van der Waals surface area contributed by atoms with Gasteiger partial charge >= 0.3 is 5.97 Å². The summed E-state index contributed by atoms with van der Waals surface area (Å²) in [6.45, 7) is 13.4. The van der Waals surface area contributed by atoms with Crippen LogP contribution in [-0.4, -0.2) is 53.3 Å². The average molecular weight is 404 g/mol. The molecule has 0 bridgehead atoms. The highest BCUT2D eigenvalue weighted by Crippen LogP contribution is 2.24. The number of piperidine rings is 1. The number of hydrogen-bond donors (Lipinski definition) is 1. The van der Waals surface area contributed by atoms with Crippen LogP contribution in [0.4, 0.5) is 0 Å². The molecule has 0 spiro atoms. The van der Waals surface area contributed by atoms with Gasteiger partial charge < -0.3 is 14.4 Å². The molecule has 0 unspecified atom stereocenters. The zero-order valence-electron chi connectivity index (χ0n) is 17.6. The Morgan fingerprint density at radius 1 is 1.39 bits per heavy atom. The first-order chi connectivity index (χ1) is 13.2. The first-order valence-corrected chi connectivity index (χ1v) is 14.0. The van der Waals surface area contributed by atoms with Crippen molar-refractivity contribution in [3.05, 3.63) is 29.6 Å². The lowest BCUT2D eigenvalue weighted by Crippen LogP contribution is -2.34. The fourth-order valence-corrected chi connectivity index (χ4v) is 4.60. The van der Waals surface area contributed by atoms with Crippen LogP contribution in [0.3, 0.4) is 0 Å². The molecule has 1 fully saturated rings. The molecule has 28 heavy (non-hydrogen) atoms. The van der Waals surface area contributed by atoms with Gasteiger partial charge in [0.2, 0.25) is 0 Å². The Labute approximate surface area is 168 Å². The van der Waals surface area contributed by atoms with Gasteiger partial charge in [-0.15, -0.1) is 0 Å². The first-order valence-electron chi connectivity index (χ1n) is 10.2. The first kappa shape index (κ1) is 21.0. The molecule has 3 heterocycles. The van der Waals surface area contributed by atoms with Crippen molar-refractivity contribution < 1.29 is 14.6 Å². The van der Waals surface area contributed by atoms with E-state index in [9.17, 15) is 9.90 Å². The van der Waals surface area contributed by atoms with Crippen molar-refractivity contribution in [2.75, 3.05) is 19.7 Å². The van der Waals surface area contributed by atoms with E-state index in [2.05, 4.69) is 41.0 Å². The maximum Gasteiger partial charge on any atom is 0.354 e. The third-order valence-electron chi connectivity index (χ3n) is 5.38. The predicted molar refractivity (Wildman–Crippen MR) is 114 cm³/mol. The molecule has 2 aromatic rings. The number of carboxylic acids is 1. The molecule has 1 saturated heterocycles. The molecule has 0 radical (unpaired) electrons. The molecule has 0 aliphatic carbocycles. The van der Waals surface area contributed by atoms with Gasteiger partial charge in [-0.05, 0) is 49.0 Å². The number of nitrogens with zero attached hydrogens (tertiary/aromatic N) is 3. The molecule has 6 nitrogen and oxygen atoms in total. The summed E-state index contributed by atoms with van der Waals surface area (Å²) in [6.07, 6.45) is 4.42. The van der Waals surface area contributed by atoms with Gasteiger partial charge in [-0.25, -0.2) is 9.78 Å². The summed E-state index contributed by atoms with van der Waals surface area (Å²) in [4.78, 5) is 18.3. The number of aromatic carboxylic acids is 1. The standard InChI is InChI=1S/C21H33N3O3Si/c1-16-6-5-8-23(13-16)14-17-12-19(21(25)26)22-18-7-9-24(20(17)18)15-27-10-11-28(2,3)4/h7,9,12,16H,5-6,8,10-11,13-15H2,1-4H3,(H,25,26)/t16-/m0/s1. The third kappa shape index (κ3) is 5.43. The molecule has 1 aliphatic heterocycles.